The minimum atomic E-state index is -0.421. The van der Waals surface area contributed by atoms with Crippen molar-refractivity contribution < 1.29 is 19.4 Å². The topological polar surface area (TPSA) is 88.0 Å². The predicted molar refractivity (Wildman–Crippen MR) is 109 cm³/mol. The first kappa shape index (κ1) is 18.5. The van der Waals surface area contributed by atoms with Crippen LogP contribution in [0.4, 0.5) is 0 Å². The third kappa shape index (κ3) is 4.07. The molecule has 8 heteroatoms. The molecule has 0 aromatic heterocycles. The van der Waals surface area contributed by atoms with E-state index in [0.717, 1.165) is 11.8 Å². The summed E-state index contributed by atoms with van der Waals surface area (Å²) in [6, 6.07) is 12.0. The van der Waals surface area contributed by atoms with Gasteiger partial charge in [0, 0.05) is 5.56 Å². The fourth-order valence-electron chi connectivity index (χ4n) is 2.20. The molecule has 26 heavy (non-hydrogen) atoms. The van der Waals surface area contributed by atoms with Gasteiger partial charge in [0.1, 0.15) is 0 Å². The number of thioether (sulfide) groups is 1. The van der Waals surface area contributed by atoms with Gasteiger partial charge in [0.05, 0.1) is 15.6 Å². The summed E-state index contributed by atoms with van der Waals surface area (Å²) >= 11 is 3.07. The van der Waals surface area contributed by atoms with Gasteiger partial charge in [-0.1, -0.05) is 18.2 Å². The van der Waals surface area contributed by atoms with Crippen LogP contribution in [0.1, 0.15) is 15.9 Å². The van der Waals surface area contributed by atoms with Crippen molar-refractivity contribution in [2.24, 2.45) is 4.99 Å². The van der Waals surface area contributed by atoms with Gasteiger partial charge < -0.3 is 15.2 Å². The summed E-state index contributed by atoms with van der Waals surface area (Å²) in [7, 11) is 1.46. The number of carbonyl (C=O) groups excluding carboxylic acids is 2. The first-order valence-corrected chi connectivity index (χ1v) is 9.33. The maximum atomic E-state index is 12.1. The van der Waals surface area contributed by atoms with Crippen molar-refractivity contribution in [3.8, 4) is 11.5 Å². The van der Waals surface area contributed by atoms with Crippen LogP contribution in [-0.4, -0.2) is 29.2 Å². The van der Waals surface area contributed by atoms with Crippen molar-refractivity contribution in [1.29, 1.82) is 0 Å². The Morgan fingerprint density at radius 3 is 2.73 bits per heavy atom. The van der Waals surface area contributed by atoms with E-state index < -0.39 is 5.91 Å². The molecule has 2 aromatic carbocycles. The zero-order valence-electron chi connectivity index (χ0n) is 13.5. The molecule has 1 fully saturated rings. The normalized spacial score (nSPS) is 16.8. The van der Waals surface area contributed by atoms with Crippen LogP contribution >= 0.6 is 34.4 Å². The molecule has 2 N–H and O–H groups in total. The van der Waals surface area contributed by atoms with E-state index in [0.29, 0.717) is 25.4 Å². The van der Waals surface area contributed by atoms with Crippen molar-refractivity contribution in [2.75, 3.05) is 7.11 Å². The number of phenolic OH excluding ortho intramolecular Hbond substituents is 1. The second-order valence-corrected chi connectivity index (χ2v) is 7.40. The Labute approximate surface area is 167 Å². The summed E-state index contributed by atoms with van der Waals surface area (Å²) in [4.78, 5) is 28.6. The summed E-state index contributed by atoms with van der Waals surface area (Å²) in [5.74, 6) is -0.387. The molecule has 6 nitrogen and oxygen atoms in total. The van der Waals surface area contributed by atoms with Crippen molar-refractivity contribution in [3.05, 3.63) is 62.1 Å². The van der Waals surface area contributed by atoms with E-state index in [9.17, 15) is 14.7 Å². The number of hydrogen-bond acceptors (Lipinski definition) is 5. The number of methoxy groups -OCH3 is 1. The molecule has 0 saturated carbocycles. The average Bonchev–Trinajstić information content (AvgIpc) is 2.97. The molecule has 1 saturated heterocycles. The highest BCUT2D eigenvalue weighted by Gasteiger charge is 2.25. The van der Waals surface area contributed by atoms with Crippen LogP contribution in [0.15, 0.2) is 52.4 Å². The molecule has 0 radical (unpaired) electrons. The van der Waals surface area contributed by atoms with Crippen LogP contribution in [0.3, 0.4) is 0 Å². The molecular weight excluding hydrogens is 467 g/mol. The average molecular weight is 480 g/mol. The van der Waals surface area contributed by atoms with Gasteiger partial charge in [0.25, 0.3) is 11.8 Å². The lowest BCUT2D eigenvalue weighted by atomic mass is 10.2. The van der Waals surface area contributed by atoms with Gasteiger partial charge in [-0.25, -0.2) is 0 Å². The van der Waals surface area contributed by atoms with Gasteiger partial charge >= 0.3 is 0 Å². The lowest BCUT2D eigenvalue weighted by Gasteiger charge is -2.06. The number of amides is 2. The number of aliphatic imine (C=N–C) groups is 1. The number of rotatable bonds is 3. The monoisotopic (exact) mass is 480 g/mol. The predicted octanol–water partition coefficient (Wildman–Crippen LogP) is 3.41. The van der Waals surface area contributed by atoms with Gasteiger partial charge in [-0.05, 0) is 70.3 Å². The fourth-order valence-corrected chi connectivity index (χ4v) is 3.65. The SMILES string of the molecule is COc1cc(/C=C2\SC(=NC(=O)c3ccccc3)NC2=O)cc(I)c1O. The van der Waals surface area contributed by atoms with Crippen molar-refractivity contribution in [1.82, 2.24) is 5.32 Å². The Bertz CT molecular complexity index is 942. The van der Waals surface area contributed by atoms with E-state index in [4.69, 9.17) is 4.74 Å². The maximum Gasteiger partial charge on any atom is 0.279 e. The van der Waals surface area contributed by atoms with Crippen molar-refractivity contribution in [2.45, 2.75) is 0 Å². The second kappa shape index (κ2) is 7.92. The number of hydrogen-bond donors (Lipinski definition) is 2. The highest BCUT2D eigenvalue weighted by atomic mass is 127. The summed E-state index contributed by atoms with van der Waals surface area (Å²) in [6.07, 6.45) is 1.65. The number of carbonyl (C=O) groups is 2. The number of aromatic hydroxyl groups is 1. The molecular formula is C18H13IN2O4S. The van der Waals surface area contributed by atoms with Gasteiger partial charge in [-0.3, -0.25) is 9.59 Å². The smallest absolute Gasteiger partial charge is 0.279 e. The van der Waals surface area contributed by atoms with Gasteiger partial charge in [-0.15, -0.1) is 0 Å². The Morgan fingerprint density at radius 2 is 2.04 bits per heavy atom. The Morgan fingerprint density at radius 1 is 1.31 bits per heavy atom. The lowest BCUT2D eigenvalue weighted by molar-refractivity contribution is -0.115. The maximum absolute atomic E-state index is 12.1. The highest BCUT2D eigenvalue weighted by Crippen LogP contribution is 2.34. The number of benzene rings is 2. The van der Waals surface area contributed by atoms with Gasteiger partial charge in [-0.2, -0.15) is 4.99 Å². The quantitative estimate of drug-likeness (QED) is 0.520. The number of nitrogens with one attached hydrogen (secondary N) is 1. The van der Waals surface area contributed by atoms with E-state index in [2.05, 4.69) is 10.3 Å². The van der Waals surface area contributed by atoms with Gasteiger partial charge in [0.15, 0.2) is 16.7 Å². The van der Waals surface area contributed by atoms with Crippen LogP contribution in [0.5, 0.6) is 11.5 Å². The molecule has 2 amide bonds. The molecule has 132 valence electrons. The number of nitrogens with zero attached hydrogens (tertiary/aromatic N) is 1. The lowest BCUT2D eigenvalue weighted by Crippen LogP contribution is -2.20. The zero-order chi connectivity index (χ0) is 18.7. The molecule has 1 heterocycles. The zero-order valence-corrected chi connectivity index (χ0v) is 16.5. The van der Waals surface area contributed by atoms with Crippen LogP contribution in [0.25, 0.3) is 6.08 Å². The highest BCUT2D eigenvalue weighted by molar-refractivity contribution is 14.1. The van der Waals surface area contributed by atoms with E-state index in [1.54, 1.807) is 42.5 Å². The minimum absolute atomic E-state index is 0.0504. The summed E-state index contributed by atoms with van der Waals surface area (Å²) in [5, 5.41) is 12.7. The molecule has 0 atom stereocenters. The largest absolute Gasteiger partial charge is 0.504 e. The molecule has 3 rings (SSSR count). The molecule has 0 bridgehead atoms. The van der Waals surface area contributed by atoms with Crippen LogP contribution in [0.2, 0.25) is 0 Å². The molecule has 0 aliphatic carbocycles. The van der Waals surface area contributed by atoms with E-state index in [1.165, 1.54) is 7.11 Å². The number of amidine groups is 1. The summed E-state index contributed by atoms with van der Waals surface area (Å²) in [6.45, 7) is 0. The Balaban J connectivity index is 1.84. The number of ether oxygens (including phenoxy) is 1. The van der Waals surface area contributed by atoms with Crippen LogP contribution in [0, 0.1) is 3.57 Å². The Kier molecular flexibility index (Phi) is 5.62. The molecule has 0 unspecified atom stereocenters. The molecule has 2 aromatic rings. The second-order valence-electron chi connectivity index (χ2n) is 5.21. The number of phenols is 1. The van der Waals surface area contributed by atoms with Crippen molar-refractivity contribution >= 4 is 57.4 Å². The minimum Gasteiger partial charge on any atom is -0.504 e. The third-order valence-electron chi connectivity index (χ3n) is 3.44. The van der Waals surface area contributed by atoms with E-state index in [-0.39, 0.29) is 16.8 Å². The van der Waals surface area contributed by atoms with Gasteiger partial charge in [0.2, 0.25) is 0 Å². The Hall–Kier alpha value is -2.33. The summed E-state index contributed by atoms with van der Waals surface area (Å²) in [5.41, 5.74) is 1.14. The molecule has 1 aliphatic heterocycles. The molecule has 1 aliphatic rings. The summed E-state index contributed by atoms with van der Waals surface area (Å²) < 4.78 is 5.72. The van der Waals surface area contributed by atoms with Crippen LogP contribution < -0.4 is 10.1 Å². The fraction of sp³-hybridized carbons (Fsp3) is 0.0556. The number of halogens is 1. The van der Waals surface area contributed by atoms with Crippen LogP contribution in [-0.2, 0) is 4.79 Å². The molecule has 0 spiro atoms. The van der Waals surface area contributed by atoms with E-state index >= 15 is 0 Å². The first-order chi connectivity index (χ1) is 12.5. The van der Waals surface area contributed by atoms with E-state index in [1.807, 2.05) is 28.7 Å². The van der Waals surface area contributed by atoms with Crippen molar-refractivity contribution in [3.63, 3.8) is 0 Å². The standard InChI is InChI=1S/C18H13IN2O4S/c1-25-13-8-10(7-12(19)15(13)22)9-14-17(24)21-18(26-14)20-16(23)11-5-3-2-4-6-11/h2-9,22H,1H3,(H,20,21,23,24)/b14-9-. The third-order valence-corrected chi connectivity index (χ3v) is 5.18. The first-order valence-electron chi connectivity index (χ1n) is 7.43.